The number of nitrogens with zero attached hydrogens (tertiary/aromatic N) is 4. The van der Waals surface area contributed by atoms with Gasteiger partial charge in [0.05, 0.1) is 9.77 Å². The Bertz CT molecular complexity index is 705. The molecule has 19 heavy (non-hydrogen) atoms. The lowest BCUT2D eigenvalue weighted by Gasteiger charge is -2.01. The van der Waals surface area contributed by atoms with Crippen LogP contribution >= 0.6 is 22.6 Å². The predicted molar refractivity (Wildman–Crippen MR) is 81.7 cm³/mol. The molecule has 0 bridgehead atoms. The summed E-state index contributed by atoms with van der Waals surface area (Å²) in [6.07, 6.45) is 7.02. The summed E-state index contributed by atoms with van der Waals surface area (Å²) in [6, 6.07) is 7.70. The van der Waals surface area contributed by atoms with Crippen molar-refractivity contribution in [2.24, 2.45) is 0 Å². The van der Waals surface area contributed by atoms with Gasteiger partial charge in [0, 0.05) is 23.6 Å². The molecule has 5 nitrogen and oxygen atoms in total. The summed E-state index contributed by atoms with van der Waals surface area (Å²) in [4.78, 5) is 8.20. The molecular weight excluding hydrogens is 353 g/mol. The Morgan fingerprint density at radius 3 is 2.58 bits per heavy atom. The van der Waals surface area contributed by atoms with Crippen LogP contribution in [0.2, 0.25) is 0 Å². The van der Waals surface area contributed by atoms with Crippen LogP contribution < -0.4 is 5.73 Å². The maximum Gasteiger partial charge on any atom is 0.169 e. The van der Waals surface area contributed by atoms with Gasteiger partial charge in [-0.05, 0) is 40.3 Å². The number of hydrogen-bond acceptors (Lipinski definition) is 4. The van der Waals surface area contributed by atoms with E-state index in [1.165, 1.54) is 6.33 Å². The van der Waals surface area contributed by atoms with E-state index < -0.39 is 0 Å². The van der Waals surface area contributed by atoms with E-state index >= 15 is 0 Å². The Labute approximate surface area is 123 Å². The second-order valence-corrected chi connectivity index (χ2v) is 5.15. The molecule has 6 heteroatoms. The SMILES string of the molecule is Nc1ccc(-c2cnn(-c3ncncc3I)c2)cc1. The van der Waals surface area contributed by atoms with Crippen LogP contribution in [0.4, 0.5) is 5.69 Å². The molecule has 0 saturated heterocycles. The van der Waals surface area contributed by atoms with E-state index in [0.717, 1.165) is 26.2 Å². The molecular formula is C13H10IN5. The maximum atomic E-state index is 5.68. The molecule has 0 radical (unpaired) electrons. The number of aromatic nitrogens is 4. The molecule has 0 saturated carbocycles. The number of nitrogen functional groups attached to an aromatic ring is 1. The first kappa shape index (κ1) is 12.1. The molecule has 0 aliphatic carbocycles. The summed E-state index contributed by atoms with van der Waals surface area (Å²) in [7, 11) is 0. The molecule has 0 amide bonds. The number of halogens is 1. The molecule has 0 atom stereocenters. The Kier molecular flexibility index (Phi) is 3.16. The van der Waals surface area contributed by atoms with E-state index in [1.54, 1.807) is 10.9 Å². The summed E-state index contributed by atoms with van der Waals surface area (Å²) in [5.41, 5.74) is 8.53. The van der Waals surface area contributed by atoms with Crippen molar-refractivity contribution >= 4 is 28.3 Å². The molecule has 2 N–H and O–H groups in total. The molecule has 0 aliphatic rings. The van der Waals surface area contributed by atoms with E-state index in [-0.39, 0.29) is 0 Å². The van der Waals surface area contributed by atoms with Gasteiger partial charge in [0.25, 0.3) is 0 Å². The number of benzene rings is 1. The van der Waals surface area contributed by atoms with Gasteiger partial charge in [-0.25, -0.2) is 14.6 Å². The van der Waals surface area contributed by atoms with Gasteiger partial charge in [-0.15, -0.1) is 0 Å². The van der Waals surface area contributed by atoms with E-state index in [9.17, 15) is 0 Å². The molecule has 1 aromatic carbocycles. The quantitative estimate of drug-likeness (QED) is 0.561. The van der Waals surface area contributed by atoms with Gasteiger partial charge in [0.15, 0.2) is 5.82 Å². The normalized spacial score (nSPS) is 10.6. The fourth-order valence-electron chi connectivity index (χ4n) is 1.74. The first-order chi connectivity index (χ1) is 9.24. The second-order valence-electron chi connectivity index (χ2n) is 3.99. The van der Waals surface area contributed by atoms with Crippen molar-refractivity contribution in [2.45, 2.75) is 0 Å². The maximum absolute atomic E-state index is 5.68. The van der Waals surface area contributed by atoms with Crippen LogP contribution in [0.15, 0.2) is 49.2 Å². The number of nitrogens with two attached hydrogens (primary N) is 1. The van der Waals surface area contributed by atoms with Gasteiger partial charge < -0.3 is 5.73 Å². The average molecular weight is 363 g/mol. The van der Waals surface area contributed by atoms with Crippen LogP contribution in [0.1, 0.15) is 0 Å². The van der Waals surface area contributed by atoms with Crippen LogP contribution in [0.5, 0.6) is 0 Å². The first-order valence-corrected chi connectivity index (χ1v) is 6.68. The summed E-state index contributed by atoms with van der Waals surface area (Å²) < 4.78 is 2.70. The zero-order valence-corrected chi connectivity index (χ0v) is 12.0. The molecule has 2 aromatic heterocycles. The fourth-order valence-corrected chi connectivity index (χ4v) is 2.29. The van der Waals surface area contributed by atoms with Crippen LogP contribution in [0, 0.1) is 3.57 Å². The predicted octanol–water partition coefficient (Wildman–Crippen LogP) is 2.52. The summed E-state index contributed by atoms with van der Waals surface area (Å²) in [5, 5.41) is 4.34. The van der Waals surface area contributed by atoms with Crippen molar-refractivity contribution in [1.82, 2.24) is 19.7 Å². The minimum absolute atomic E-state index is 0.751. The molecule has 3 aromatic rings. The lowest BCUT2D eigenvalue weighted by Crippen LogP contribution is -2.00. The molecule has 0 unspecified atom stereocenters. The van der Waals surface area contributed by atoms with Crippen LogP contribution in [0.25, 0.3) is 16.9 Å². The third-order valence-corrected chi connectivity index (χ3v) is 3.45. The number of anilines is 1. The molecule has 3 rings (SSSR count). The van der Waals surface area contributed by atoms with Crippen LogP contribution in [-0.2, 0) is 0 Å². The van der Waals surface area contributed by atoms with Gasteiger partial charge in [-0.3, -0.25) is 0 Å². The summed E-state index contributed by atoms with van der Waals surface area (Å²) in [5.74, 6) is 0.775. The number of rotatable bonds is 2. The number of hydrogen-bond donors (Lipinski definition) is 1. The Hall–Kier alpha value is -1.96. The Morgan fingerprint density at radius 2 is 1.84 bits per heavy atom. The van der Waals surface area contributed by atoms with Gasteiger partial charge in [0.1, 0.15) is 6.33 Å². The minimum atomic E-state index is 0.751. The topological polar surface area (TPSA) is 69.6 Å². The summed E-state index contributed by atoms with van der Waals surface area (Å²) >= 11 is 2.19. The fraction of sp³-hybridized carbons (Fsp3) is 0. The van der Waals surface area contributed by atoms with Crippen molar-refractivity contribution in [3.8, 4) is 16.9 Å². The third-order valence-electron chi connectivity index (χ3n) is 2.69. The van der Waals surface area contributed by atoms with Gasteiger partial charge in [-0.1, -0.05) is 12.1 Å². The Morgan fingerprint density at radius 1 is 1.05 bits per heavy atom. The highest BCUT2D eigenvalue weighted by atomic mass is 127. The first-order valence-electron chi connectivity index (χ1n) is 5.60. The lowest BCUT2D eigenvalue weighted by molar-refractivity contribution is 0.832. The van der Waals surface area contributed by atoms with E-state index in [1.807, 2.05) is 36.7 Å². The highest BCUT2D eigenvalue weighted by Crippen LogP contribution is 2.21. The highest BCUT2D eigenvalue weighted by molar-refractivity contribution is 14.1. The summed E-state index contributed by atoms with van der Waals surface area (Å²) in [6.45, 7) is 0. The van der Waals surface area contributed by atoms with E-state index in [2.05, 4.69) is 37.7 Å². The standard InChI is InChI=1S/C13H10IN5/c14-12-6-16-8-17-13(12)19-7-10(5-18-19)9-1-3-11(15)4-2-9/h1-8H,15H2. The van der Waals surface area contributed by atoms with E-state index in [4.69, 9.17) is 5.73 Å². The highest BCUT2D eigenvalue weighted by Gasteiger charge is 2.07. The third kappa shape index (κ3) is 2.43. The van der Waals surface area contributed by atoms with E-state index in [0.29, 0.717) is 0 Å². The second kappa shape index (κ2) is 4.96. The van der Waals surface area contributed by atoms with Crippen molar-refractivity contribution in [1.29, 1.82) is 0 Å². The van der Waals surface area contributed by atoms with Crippen LogP contribution in [-0.4, -0.2) is 19.7 Å². The minimum Gasteiger partial charge on any atom is -0.399 e. The van der Waals surface area contributed by atoms with Crippen LogP contribution in [0.3, 0.4) is 0 Å². The zero-order valence-electron chi connectivity index (χ0n) is 9.86. The molecule has 0 fully saturated rings. The van der Waals surface area contributed by atoms with Crippen molar-refractivity contribution in [3.63, 3.8) is 0 Å². The van der Waals surface area contributed by atoms with Crippen molar-refractivity contribution < 1.29 is 0 Å². The average Bonchev–Trinajstić information content (AvgIpc) is 2.89. The monoisotopic (exact) mass is 363 g/mol. The molecule has 94 valence electrons. The lowest BCUT2D eigenvalue weighted by atomic mass is 10.1. The van der Waals surface area contributed by atoms with Gasteiger partial charge >= 0.3 is 0 Å². The molecule has 0 spiro atoms. The Balaban J connectivity index is 2.00. The van der Waals surface area contributed by atoms with Gasteiger partial charge in [0.2, 0.25) is 0 Å². The van der Waals surface area contributed by atoms with Gasteiger partial charge in [-0.2, -0.15) is 5.10 Å². The van der Waals surface area contributed by atoms with Crippen molar-refractivity contribution in [3.05, 3.63) is 52.8 Å². The smallest absolute Gasteiger partial charge is 0.169 e. The zero-order chi connectivity index (χ0) is 13.2. The largest absolute Gasteiger partial charge is 0.399 e. The molecule has 0 aliphatic heterocycles. The van der Waals surface area contributed by atoms with Crippen molar-refractivity contribution in [2.75, 3.05) is 5.73 Å². The molecule has 2 heterocycles.